The van der Waals surface area contributed by atoms with Crippen LogP contribution < -0.4 is 20.1 Å². The maximum absolute atomic E-state index is 11.2. The van der Waals surface area contributed by atoms with Crippen LogP contribution in [0.15, 0.2) is 23.6 Å². The molecule has 20 heavy (non-hydrogen) atoms. The predicted molar refractivity (Wildman–Crippen MR) is 78.7 cm³/mol. The fraction of sp³-hybridized carbons (Fsp3) is 0.231. The van der Waals surface area contributed by atoms with E-state index >= 15 is 0 Å². The Morgan fingerprint density at radius 1 is 1.30 bits per heavy atom. The minimum atomic E-state index is -0.299. The van der Waals surface area contributed by atoms with Crippen LogP contribution in [0.25, 0.3) is 11.3 Å². The van der Waals surface area contributed by atoms with E-state index in [0.29, 0.717) is 16.6 Å². The number of hydrogen-bond donors (Lipinski definition) is 2. The number of benzene rings is 1. The van der Waals surface area contributed by atoms with Crippen LogP contribution in [-0.4, -0.2) is 32.3 Å². The Bertz CT molecular complexity index is 613. The minimum absolute atomic E-state index is 0.299. The molecule has 0 unspecified atom stereocenters. The number of carbonyl (C=O) groups excluding carboxylic acids is 1. The molecule has 2 rings (SSSR count). The van der Waals surface area contributed by atoms with E-state index in [1.165, 1.54) is 11.3 Å². The second-order valence-corrected chi connectivity index (χ2v) is 4.67. The van der Waals surface area contributed by atoms with Crippen LogP contribution in [-0.2, 0) is 0 Å². The molecule has 0 saturated heterocycles. The molecule has 2 N–H and O–H groups in total. The summed E-state index contributed by atoms with van der Waals surface area (Å²) in [6.45, 7) is 0. The molecule has 0 aliphatic heterocycles. The number of anilines is 1. The van der Waals surface area contributed by atoms with Crippen LogP contribution in [0, 0.1) is 0 Å². The maximum atomic E-state index is 11.2. The molecule has 7 heteroatoms. The first kappa shape index (κ1) is 14.1. The summed E-state index contributed by atoms with van der Waals surface area (Å²) in [5.41, 5.74) is 1.58. The highest BCUT2D eigenvalue weighted by Gasteiger charge is 2.12. The first-order valence-electron chi connectivity index (χ1n) is 5.84. The van der Waals surface area contributed by atoms with Gasteiger partial charge in [-0.3, -0.25) is 5.32 Å². The zero-order chi connectivity index (χ0) is 14.5. The zero-order valence-corrected chi connectivity index (χ0v) is 12.2. The molecule has 0 aliphatic carbocycles. The van der Waals surface area contributed by atoms with Gasteiger partial charge in [-0.05, 0) is 12.1 Å². The summed E-state index contributed by atoms with van der Waals surface area (Å²) >= 11 is 1.35. The SMILES string of the molecule is CNC(=O)Nc1nc(-c2ccc(OC)cc2OC)cs1. The molecule has 0 spiro atoms. The van der Waals surface area contributed by atoms with Gasteiger partial charge in [0.15, 0.2) is 5.13 Å². The molecule has 0 saturated carbocycles. The normalized spacial score (nSPS) is 9.95. The van der Waals surface area contributed by atoms with Crippen molar-refractivity contribution in [3.05, 3.63) is 23.6 Å². The third-order valence-electron chi connectivity index (χ3n) is 2.64. The Kier molecular flexibility index (Phi) is 4.41. The number of methoxy groups -OCH3 is 2. The number of hydrogen-bond acceptors (Lipinski definition) is 5. The molecule has 6 nitrogen and oxygen atoms in total. The Morgan fingerprint density at radius 3 is 2.75 bits per heavy atom. The molecule has 0 atom stereocenters. The largest absolute Gasteiger partial charge is 0.497 e. The number of ether oxygens (including phenoxy) is 2. The number of rotatable bonds is 4. The Labute approximate surface area is 120 Å². The van der Waals surface area contributed by atoms with Crippen LogP contribution in [0.4, 0.5) is 9.93 Å². The van der Waals surface area contributed by atoms with Crippen molar-refractivity contribution < 1.29 is 14.3 Å². The fourth-order valence-corrected chi connectivity index (χ4v) is 2.33. The van der Waals surface area contributed by atoms with Gasteiger partial charge >= 0.3 is 6.03 Å². The highest BCUT2D eigenvalue weighted by Crippen LogP contribution is 2.34. The third-order valence-corrected chi connectivity index (χ3v) is 3.39. The predicted octanol–water partition coefficient (Wildman–Crippen LogP) is 2.58. The van der Waals surface area contributed by atoms with Gasteiger partial charge in [-0.2, -0.15) is 0 Å². The van der Waals surface area contributed by atoms with Crippen molar-refractivity contribution in [2.45, 2.75) is 0 Å². The van der Waals surface area contributed by atoms with Crippen molar-refractivity contribution in [3.8, 4) is 22.8 Å². The van der Waals surface area contributed by atoms with Gasteiger partial charge in [0.2, 0.25) is 0 Å². The van der Waals surface area contributed by atoms with Crippen molar-refractivity contribution in [1.29, 1.82) is 0 Å². The minimum Gasteiger partial charge on any atom is -0.497 e. The van der Waals surface area contributed by atoms with Crippen molar-refractivity contribution in [2.75, 3.05) is 26.6 Å². The molecule has 1 heterocycles. The fourth-order valence-electron chi connectivity index (χ4n) is 1.62. The Hall–Kier alpha value is -2.28. The summed E-state index contributed by atoms with van der Waals surface area (Å²) in [5.74, 6) is 1.38. The number of urea groups is 1. The van der Waals surface area contributed by atoms with Gasteiger partial charge in [0.05, 0.1) is 19.9 Å². The van der Waals surface area contributed by atoms with Crippen LogP contribution in [0.1, 0.15) is 0 Å². The molecule has 0 aliphatic rings. The smallest absolute Gasteiger partial charge is 0.320 e. The highest BCUT2D eigenvalue weighted by atomic mass is 32.1. The van der Waals surface area contributed by atoms with E-state index in [1.54, 1.807) is 27.3 Å². The Balaban J connectivity index is 2.29. The van der Waals surface area contributed by atoms with E-state index in [9.17, 15) is 4.79 Å². The summed E-state index contributed by atoms with van der Waals surface area (Å²) in [4.78, 5) is 15.6. The van der Waals surface area contributed by atoms with Crippen LogP contribution in [0.2, 0.25) is 0 Å². The van der Waals surface area contributed by atoms with E-state index in [4.69, 9.17) is 9.47 Å². The number of nitrogens with one attached hydrogen (secondary N) is 2. The second-order valence-electron chi connectivity index (χ2n) is 3.81. The first-order chi connectivity index (χ1) is 9.67. The average molecular weight is 293 g/mol. The maximum Gasteiger partial charge on any atom is 0.320 e. The van der Waals surface area contributed by atoms with Crippen molar-refractivity contribution in [1.82, 2.24) is 10.3 Å². The van der Waals surface area contributed by atoms with Gasteiger partial charge in [0, 0.05) is 24.1 Å². The molecule has 0 radical (unpaired) electrons. The zero-order valence-electron chi connectivity index (χ0n) is 11.4. The first-order valence-corrected chi connectivity index (χ1v) is 6.72. The standard InChI is InChI=1S/C13H15N3O3S/c1-14-12(17)16-13-15-10(7-20-13)9-5-4-8(18-2)6-11(9)19-3/h4-7H,1-3H3,(H2,14,15,16,17). The quantitative estimate of drug-likeness (QED) is 0.908. The molecule has 0 bridgehead atoms. The number of amides is 2. The Morgan fingerprint density at radius 2 is 2.10 bits per heavy atom. The molecule has 2 amide bonds. The lowest BCUT2D eigenvalue weighted by Crippen LogP contribution is -2.24. The van der Waals surface area contributed by atoms with E-state index in [2.05, 4.69) is 15.6 Å². The summed E-state index contributed by atoms with van der Waals surface area (Å²) in [6, 6.07) is 5.20. The van der Waals surface area contributed by atoms with Gasteiger partial charge in [-0.15, -0.1) is 11.3 Å². The second kappa shape index (κ2) is 6.25. The van der Waals surface area contributed by atoms with E-state index < -0.39 is 0 Å². The monoisotopic (exact) mass is 293 g/mol. The lowest BCUT2D eigenvalue weighted by Gasteiger charge is -2.08. The summed E-state index contributed by atoms with van der Waals surface area (Å²) in [7, 11) is 4.74. The number of aromatic nitrogens is 1. The molecule has 2 aromatic rings. The van der Waals surface area contributed by atoms with Gasteiger partial charge in [0.25, 0.3) is 0 Å². The van der Waals surface area contributed by atoms with Crippen LogP contribution in [0.3, 0.4) is 0 Å². The van der Waals surface area contributed by atoms with E-state index in [0.717, 1.165) is 11.3 Å². The molecule has 0 fully saturated rings. The molecular weight excluding hydrogens is 278 g/mol. The number of carbonyl (C=O) groups is 1. The van der Waals surface area contributed by atoms with Gasteiger partial charge in [0.1, 0.15) is 11.5 Å². The molecule has 1 aromatic heterocycles. The van der Waals surface area contributed by atoms with E-state index in [-0.39, 0.29) is 6.03 Å². The van der Waals surface area contributed by atoms with Crippen molar-refractivity contribution in [2.24, 2.45) is 0 Å². The number of nitrogens with zero attached hydrogens (tertiary/aromatic N) is 1. The van der Waals surface area contributed by atoms with Gasteiger partial charge in [-0.25, -0.2) is 9.78 Å². The number of thiazole rings is 1. The topological polar surface area (TPSA) is 72.5 Å². The van der Waals surface area contributed by atoms with Crippen LogP contribution >= 0.6 is 11.3 Å². The lowest BCUT2D eigenvalue weighted by atomic mass is 10.1. The van der Waals surface area contributed by atoms with Gasteiger partial charge in [-0.1, -0.05) is 0 Å². The van der Waals surface area contributed by atoms with Crippen LogP contribution in [0.5, 0.6) is 11.5 Å². The summed E-state index contributed by atoms with van der Waals surface area (Å²) < 4.78 is 10.5. The van der Waals surface area contributed by atoms with E-state index in [1.807, 2.05) is 17.5 Å². The third kappa shape index (κ3) is 3.00. The summed E-state index contributed by atoms with van der Waals surface area (Å²) in [6.07, 6.45) is 0. The molecule has 1 aromatic carbocycles. The average Bonchev–Trinajstić information content (AvgIpc) is 2.94. The highest BCUT2D eigenvalue weighted by molar-refractivity contribution is 7.14. The molecular formula is C13H15N3O3S. The molecule has 106 valence electrons. The summed E-state index contributed by atoms with van der Waals surface area (Å²) in [5, 5.41) is 7.49. The van der Waals surface area contributed by atoms with Gasteiger partial charge < -0.3 is 14.8 Å². The van der Waals surface area contributed by atoms with Crippen molar-refractivity contribution in [3.63, 3.8) is 0 Å². The lowest BCUT2D eigenvalue weighted by molar-refractivity contribution is 0.254. The van der Waals surface area contributed by atoms with Crippen molar-refractivity contribution >= 4 is 22.5 Å².